The van der Waals surface area contributed by atoms with Gasteiger partial charge in [0, 0.05) is 6.54 Å². The van der Waals surface area contributed by atoms with Crippen molar-refractivity contribution in [3.63, 3.8) is 0 Å². The maximum Gasteiger partial charge on any atom is 0.416 e. The first-order valence-corrected chi connectivity index (χ1v) is 7.06. The molecule has 0 aliphatic carbocycles. The number of nitrogens with zero attached hydrogens (tertiary/aromatic N) is 1. The van der Waals surface area contributed by atoms with Crippen molar-refractivity contribution in [2.24, 2.45) is 0 Å². The number of benzene rings is 1. The van der Waals surface area contributed by atoms with Crippen LogP contribution >= 0.6 is 0 Å². The van der Waals surface area contributed by atoms with Gasteiger partial charge in [0.15, 0.2) is 5.76 Å². The van der Waals surface area contributed by atoms with Gasteiger partial charge in [-0.2, -0.15) is 13.2 Å². The number of hydrogen-bond acceptors (Lipinski definition) is 3. The molecule has 1 saturated heterocycles. The molecule has 2 atom stereocenters. The number of aliphatic hydroxyl groups excluding tert-OH is 1. The number of amides is 1. The average molecular weight is 325 g/mol. The summed E-state index contributed by atoms with van der Waals surface area (Å²) in [4.78, 5) is 13.7. The molecule has 0 bridgehead atoms. The van der Waals surface area contributed by atoms with Crippen molar-refractivity contribution in [1.29, 1.82) is 0 Å². The van der Waals surface area contributed by atoms with Crippen molar-refractivity contribution in [1.82, 2.24) is 4.90 Å². The highest BCUT2D eigenvalue weighted by atomic mass is 19.4. The SMILES string of the molecule is O=C(c1ccco1)N1C[C@H](O)C[C@H]1c1ccccc1C(F)(F)F. The van der Waals surface area contributed by atoms with Crippen LogP contribution in [0.15, 0.2) is 47.1 Å². The van der Waals surface area contributed by atoms with Crippen molar-refractivity contribution in [3.8, 4) is 0 Å². The predicted octanol–water partition coefficient (Wildman–Crippen LogP) is 3.25. The lowest BCUT2D eigenvalue weighted by Crippen LogP contribution is -2.32. The van der Waals surface area contributed by atoms with E-state index in [1.807, 2.05) is 0 Å². The molecule has 122 valence electrons. The molecule has 0 unspecified atom stereocenters. The van der Waals surface area contributed by atoms with E-state index in [1.165, 1.54) is 41.5 Å². The first-order chi connectivity index (χ1) is 10.9. The molecule has 1 aliphatic rings. The number of furan rings is 1. The van der Waals surface area contributed by atoms with Gasteiger partial charge in [-0.15, -0.1) is 0 Å². The highest BCUT2D eigenvalue weighted by Crippen LogP contribution is 2.40. The zero-order chi connectivity index (χ0) is 16.6. The van der Waals surface area contributed by atoms with Crippen LogP contribution in [0.5, 0.6) is 0 Å². The second kappa shape index (κ2) is 5.73. The van der Waals surface area contributed by atoms with Crippen LogP contribution in [0.4, 0.5) is 13.2 Å². The predicted molar refractivity (Wildman–Crippen MR) is 74.6 cm³/mol. The molecule has 2 heterocycles. The molecular weight excluding hydrogens is 311 g/mol. The van der Waals surface area contributed by atoms with Crippen LogP contribution in [0, 0.1) is 0 Å². The first-order valence-electron chi connectivity index (χ1n) is 7.06. The van der Waals surface area contributed by atoms with Crippen LogP contribution in [0.2, 0.25) is 0 Å². The highest BCUT2D eigenvalue weighted by Gasteiger charge is 2.42. The number of likely N-dealkylation sites (tertiary alicyclic amines) is 1. The van der Waals surface area contributed by atoms with Gasteiger partial charge in [-0.25, -0.2) is 0 Å². The van der Waals surface area contributed by atoms with Crippen LogP contribution in [0.25, 0.3) is 0 Å². The van der Waals surface area contributed by atoms with Gasteiger partial charge in [0.1, 0.15) is 0 Å². The fourth-order valence-corrected chi connectivity index (χ4v) is 2.92. The quantitative estimate of drug-likeness (QED) is 0.922. The molecule has 0 spiro atoms. The van der Waals surface area contributed by atoms with E-state index < -0.39 is 29.8 Å². The molecule has 1 aliphatic heterocycles. The van der Waals surface area contributed by atoms with E-state index >= 15 is 0 Å². The number of rotatable bonds is 2. The van der Waals surface area contributed by atoms with E-state index in [-0.39, 0.29) is 24.3 Å². The molecule has 3 rings (SSSR count). The Labute approximate surface area is 130 Å². The van der Waals surface area contributed by atoms with E-state index in [0.29, 0.717) is 0 Å². The molecule has 7 heteroatoms. The summed E-state index contributed by atoms with van der Waals surface area (Å²) in [7, 11) is 0. The maximum atomic E-state index is 13.2. The Bertz CT molecular complexity index is 697. The average Bonchev–Trinajstić information content (AvgIpc) is 3.15. The Balaban J connectivity index is 2.00. The normalized spacial score (nSPS) is 21.7. The van der Waals surface area contributed by atoms with Gasteiger partial charge in [0.05, 0.1) is 24.0 Å². The van der Waals surface area contributed by atoms with Gasteiger partial charge in [-0.1, -0.05) is 18.2 Å². The van der Waals surface area contributed by atoms with E-state index in [4.69, 9.17) is 4.42 Å². The molecular formula is C16H14F3NO3. The lowest BCUT2D eigenvalue weighted by Gasteiger charge is -2.26. The van der Waals surface area contributed by atoms with E-state index in [2.05, 4.69) is 0 Å². The molecule has 0 radical (unpaired) electrons. The third-order valence-electron chi connectivity index (χ3n) is 3.90. The molecule has 1 aromatic heterocycles. The number of halogens is 3. The van der Waals surface area contributed by atoms with E-state index in [0.717, 1.165) is 6.07 Å². The van der Waals surface area contributed by atoms with Crippen molar-refractivity contribution < 1.29 is 27.5 Å². The second-order valence-electron chi connectivity index (χ2n) is 5.43. The summed E-state index contributed by atoms with van der Waals surface area (Å²) in [5.41, 5.74) is -0.812. The Morgan fingerprint density at radius 1 is 1.22 bits per heavy atom. The fourth-order valence-electron chi connectivity index (χ4n) is 2.92. The Morgan fingerprint density at radius 2 is 1.96 bits per heavy atom. The number of alkyl halides is 3. The highest BCUT2D eigenvalue weighted by molar-refractivity contribution is 5.92. The number of carbonyl (C=O) groups is 1. The molecule has 1 N–H and O–H groups in total. The summed E-state index contributed by atoms with van der Waals surface area (Å²) in [6.45, 7) is -0.0314. The summed E-state index contributed by atoms with van der Waals surface area (Å²) in [6, 6.07) is 7.24. The lowest BCUT2D eigenvalue weighted by atomic mass is 9.97. The summed E-state index contributed by atoms with van der Waals surface area (Å²) >= 11 is 0. The smallest absolute Gasteiger partial charge is 0.416 e. The third-order valence-corrected chi connectivity index (χ3v) is 3.90. The van der Waals surface area contributed by atoms with E-state index in [9.17, 15) is 23.1 Å². The zero-order valence-electron chi connectivity index (χ0n) is 12.0. The van der Waals surface area contributed by atoms with Crippen molar-refractivity contribution >= 4 is 5.91 Å². The molecule has 4 nitrogen and oxygen atoms in total. The van der Waals surface area contributed by atoms with Crippen LogP contribution < -0.4 is 0 Å². The van der Waals surface area contributed by atoms with E-state index in [1.54, 1.807) is 0 Å². The fraction of sp³-hybridized carbons (Fsp3) is 0.312. The molecule has 0 saturated carbocycles. The largest absolute Gasteiger partial charge is 0.459 e. The Hall–Kier alpha value is -2.28. The Morgan fingerprint density at radius 3 is 2.61 bits per heavy atom. The summed E-state index contributed by atoms with van der Waals surface area (Å²) in [5.74, 6) is -0.498. The van der Waals surface area contributed by atoms with Crippen molar-refractivity contribution in [3.05, 3.63) is 59.5 Å². The molecule has 1 amide bonds. The lowest BCUT2D eigenvalue weighted by molar-refractivity contribution is -0.138. The summed E-state index contributed by atoms with van der Waals surface area (Å²) in [6.07, 6.45) is -4.03. The standard InChI is InChI=1S/C16H14F3NO3/c17-16(18,19)12-5-2-1-4-11(12)13-8-10(21)9-20(13)15(22)14-6-3-7-23-14/h1-7,10,13,21H,8-9H2/t10-,13+/m1/s1. The van der Waals surface area contributed by atoms with Gasteiger partial charge >= 0.3 is 6.18 Å². The van der Waals surface area contributed by atoms with Crippen molar-refractivity contribution in [2.45, 2.75) is 24.7 Å². The molecule has 23 heavy (non-hydrogen) atoms. The number of hydrogen-bond donors (Lipinski definition) is 1. The van der Waals surface area contributed by atoms with Gasteiger partial charge in [-0.05, 0) is 30.2 Å². The van der Waals surface area contributed by atoms with Crippen LogP contribution in [-0.4, -0.2) is 28.6 Å². The Kier molecular flexibility index (Phi) is 3.89. The van der Waals surface area contributed by atoms with Gasteiger partial charge < -0.3 is 14.4 Å². The number of carbonyl (C=O) groups excluding carboxylic acids is 1. The van der Waals surface area contributed by atoms with Crippen LogP contribution in [0.1, 0.15) is 34.1 Å². The minimum atomic E-state index is -4.52. The molecule has 1 fully saturated rings. The minimum absolute atomic E-state index is 0.0172. The van der Waals surface area contributed by atoms with Gasteiger partial charge in [0.2, 0.25) is 0 Å². The van der Waals surface area contributed by atoms with Gasteiger partial charge in [0.25, 0.3) is 5.91 Å². The summed E-state index contributed by atoms with van der Waals surface area (Å²) in [5, 5.41) is 9.87. The third kappa shape index (κ3) is 2.96. The molecule has 2 aromatic rings. The maximum absolute atomic E-state index is 13.2. The molecule has 1 aromatic carbocycles. The second-order valence-corrected chi connectivity index (χ2v) is 5.43. The number of aliphatic hydroxyl groups is 1. The minimum Gasteiger partial charge on any atom is -0.459 e. The van der Waals surface area contributed by atoms with Crippen LogP contribution in [-0.2, 0) is 6.18 Å². The zero-order valence-corrected chi connectivity index (χ0v) is 12.0. The van der Waals surface area contributed by atoms with Gasteiger partial charge in [-0.3, -0.25) is 4.79 Å². The number of β-amino-alcohol motifs (C(OH)–C–C–N with tert-alkyl or cyclic N) is 1. The van der Waals surface area contributed by atoms with Crippen molar-refractivity contribution in [2.75, 3.05) is 6.54 Å². The first kappa shape index (κ1) is 15.6. The van der Waals surface area contributed by atoms with Crippen LogP contribution in [0.3, 0.4) is 0 Å². The topological polar surface area (TPSA) is 53.7 Å². The monoisotopic (exact) mass is 325 g/mol. The summed E-state index contributed by atoms with van der Waals surface area (Å²) < 4.78 is 44.7.